The predicted molar refractivity (Wildman–Crippen MR) is 273 cm³/mol. The number of carbonyl (C=O) groups is 2. The van der Waals surface area contributed by atoms with E-state index in [1.165, 1.54) is 154 Å². The third-order valence-electron chi connectivity index (χ3n) is 12.4. The molecule has 0 aliphatic rings. The summed E-state index contributed by atoms with van der Waals surface area (Å²) < 4.78 is 5.92. The zero-order valence-corrected chi connectivity index (χ0v) is 42.0. The van der Waals surface area contributed by atoms with Gasteiger partial charge >= 0.3 is 5.97 Å². The van der Waals surface area contributed by atoms with Crippen LogP contribution in [0.15, 0.2) is 48.6 Å². The highest BCUT2D eigenvalue weighted by atomic mass is 16.5. The van der Waals surface area contributed by atoms with E-state index in [0.717, 1.165) is 77.0 Å². The second-order valence-electron chi connectivity index (χ2n) is 18.6. The highest BCUT2D eigenvalue weighted by molar-refractivity contribution is 5.77. The van der Waals surface area contributed by atoms with Crippen LogP contribution in [0.2, 0.25) is 0 Å². The van der Waals surface area contributed by atoms with E-state index >= 15 is 0 Å². The molecule has 0 rings (SSSR count). The molecule has 0 aliphatic carbocycles. The zero-order chi connectivity index (χ0) is 45.9. The minimum atomic E-state index is -0.801. The molecule has 6 heteroatoms. The largest absolute Gasteiger partial charge is 0.462 e. The Hall–Kier alpha value is -2.18. The number of amides is 1. The standard InChI is InChI=1S/C57H105NO5/c1-4-7-10-13-16-19-22-25-28-29-31-34-37-40-43-46-49-55(60)54(52-59)58-56(61)51-53(48-45-42-39-36-33-30-26-23-20-17-14-11-8-5-2)63-57(62)50-47-44-41-38-35-32-27-24-21-18-15-12-9-6-3/h8,11,17,20,26,30,36,39,53-55,59-60H,4-7,9-10,12-16,18-19,21-25,27-29,31-35,37-38,40-52H2,1-3H3,(H,58,61)/b11-8+,20-17+,30-26+,39-36+. The summed E-state index contributed by atoms with van der Waals surface area (Å²) in [6.45, 7) is 6.38. The monoisotopic (exact) mass is 884 g/mol. The Morgan fingerprint density at radius 1 is 0.476 bits per heavy atom. The summed E-state index contributed by atoms with van der Waals surface area (Å²) in [7, 11) is 0. The third kappa shape index (κ3) is 46.2. The lowest BCUT2D eigenvalue weighted by Gasteiger charge is -2.24. The van der Waals surface area contributed by atoms with E-state index in [2.05, 4.69) is 74.7 Å². The third-order valence-corrected chi connectivity index (χ3v) is 12.4. The molecule has 0 spiro atoms. The molecule has 0 saturated heterocycles. The second kappa shape index (κ2) is 50.8. The summed E-state index contributed by atoms with van der Waals surface area (Å²) in [6, 6.07) is -0.717. The number of hydrogen-bond acceptors (Lipinski definition) is 5. The van der Waals surface area contributed by atoms with Gasteiger partial charge in [-0.1, -0.05) is 256 Å². The van der Waals surface area contributed by atoms with Gasteiger partial charge in [0.2, 0.25) is 5.91 Å². The van der Waals surface area contributed by atoms with Gasteiger partial charge in [0, 0.05) is 6.42 Å². The molecule has 63 heavy (non-hydrogen) atoms. The number of hydrogen-bond donors (Lipinski definition) is 3. The quantitative estimate of drug-likeness (QED) is 0.0321. The van der Waals surface area contributed by atoms with Gasteiger partial charge in [-0.15, -0.1) is 0 Å². The molecule has 0 saturated carbocycles. The van der Waals surface area contributed by atoms with E-state index in [0.29, 0.717) is 19.3 Å². The smallest absolute Gasteiger partial charge is 0.306 e. The first-order valence-electron chi connectivity index (χ1n) is 27.4. The summed E-state index contributed by atoms with van der Waals surface area (Å²) in [6.07, 6.45) is 61.8. The minimum absolute atomic E-state index is 0.0426. The average molecular weight is 884 g/mol. The van der Waals surface area contributed by atoms with Crippen molar-refractivity contribution in [3.63, 3.8) is 0 Å². The van der Waals surface area contributed by atoms with Gasteiger partial charge in [-0.2, -0.15) is 0 Å². The number of unbranched alkanes of at least 4 members (excludes halogenated alkanes) is 29. The Morgan fingerprint density at radius 3 is 1.27 bits per heavy atom. The maximum atomic E-state index is 13.2. The van der Waals surface area contributed by atoms with Crippen LogP contribution in [-0.4, -0.2) is 46.9 Å². The molecule has 0 fully saturated rings. The number of rotatable bonds is 49. The SMILES string of the molecule is CC/C=C/C/C=C/C/C=C/C/C=C/CCCC(CC(=O)NC(CO)C(O)CCCCCCCCCCCCCCCCCC)OC(=O)CCCCCCCCCCCCCCCC. The number of esters is 1. The molecule has 368 valence electrons. The van der Waals surface area contributed by atoms with Crippen molar-refractivity contribution in [2.75, 3.05) is 6.61 Å². The average Bonchev–Trinajstić information content (AvgIpc) is 3.28. The van der Waals surface area contributed by atoms with Crippen molar-refractivity contribution in [2.45, 2.75) is 296 Å². The van der Waals surface area contributed by atoms with Crippen molar-refractivity contribution in [3.8, 4) is 0 Å². The summed E-state index contributed by atoms with van der Waals surface area (Å²) in [5.41, 5.74) is 0. The fraction of sp³-hybridized carbons (Fsp3) is 0.825. The molecular formula is C57H105NO5. The number of aliphatic hydroxyl groups is 2. The van der Waals surface area contributed by atoms with Crippen molar-refractivity contribution in [1.82, 2.24) is 5.32 Å². The van der Waals surface area contributed by atoms with E-state index in [4.69, 9.17) is 4.74 Å². The molecule has 0 bridgehead atoms. The summed E-state index contributed by atoms with van der Waals surface area (Å²) in [4.78, 5) is 26.2. The van der Waals surface area contributed by atoms with Gasteiger partial charge in [0.05, 0.1) is 25.2 Å². The van der Waals surface area contributed by atoms with E-state index in [1.54, 1.807) is 0 Å². The molecular weight excluding hydrogens is 779 g/mol. The maximum absolute atomic E-state index is 13.2. The first kappa shape index (κ1) is 60.8. The minimum Gasteiger partial charge on any atom is -0.462 e. The van der Waals surface area contributed by atoms with Crippen LogP contribution in [0, 0.1) is 0 Å². The molecule has 0 heterocycles. The molecule has 0 aliphatic heterocycles. The van der Waals surface area contributed by atoms with E-state index < -0.39 is 18.2 Å². The van der Waals surface area contributed by atoms with E-state index in [9.17, 15) is 19.8 Å². The van der Waals surface area contributed by atoms with Crippen LogP contribution < -0.4 is 5.32 Å². The van der Waals surface area contributed by atoms with E-state index in [-0.39, 0.29) is 24.9 Å². The molecule has 0 aromatic heterocycles. The molecule has 0 radical (unpaired) electrons. The first-order valence-corrected chi connectivity index (χ1v) is 27.4. The van der Waals surface area contributed by atoms with Crippen molar-refractivity contribution >= 4 is 11.9 Å². The van der Waals surface area contributed by atoms with Gasteiger partial charge in [-0.05, 0) is 57.8 Å². The van der Waals surface area contributed by atoms with Gasteiger partial charge in [0.1, 0.15) is 6.10 Å². The van der Waals surface area contributed by atoms with Crippen LogP contribution in [0.4, 0.5) is 0 Å². The zero-order valence-electron chi connectivity index (χ0n) is 42.0. The van der Waals surface area contributed by atoms with Gasteiger partial charge in [0.25, 0.3) is 0 Å². The Balaban J connectivity index is 4.59. The number of nitrogens with one attached hydrogen (secondary N) is 1. The lowest BCUT2D eigenvalue weighted by molar-refractivity contribution is -0.151. The van der Waals surface area contributed by atoms with Crippen LogP contribution in [0.5, 0.6) is 0 Å². The Labute approximate surface area is 391 Å². The maximum Gasteiger partial charge on any atom is 0.306 e. The van der Waals surface area contributed by atoms with Crippen LogP contribution in [-0.2, 0) is 14.3 Å². The second-order valence-corrected chi connectivity index (χ2v) is 18.6. The lowest BCUT2D eigenvalue weighted by atomic mass is 10.0. The van der Waals surface area contributed by atoms with Crippen molar-refractivity contribution in [1.29, 1.82) is 0 Å². The highest BCUT2D eigenvalue weighted by Crippen LogP contribution is 2.18. The number of ether oxygens (including phenoxy) is 1. The summed E-state index contributed by atoms with van der Waals surface area (Å²) in [5, 5.41) is 23.8. The van der Waals surface area contributed by atoms with Crippen molar-refractivity contribution < 1.29 is 24.5 Å². The lowest BCUT2D eigenvalue weighted by Crippen LogP contribution is -2.46. The number of aliphatic hydroxyl groups excluding tert-OH is 2. The van der Waals surface area contributed by atoms with E-state index in [1.807, 2.05) is 0 Å². The van der Waals surface area contributed by atoms with Crippen LogP contribution in [0.3, 0.4) is 0 Å². The molecule has 0 aromatic carbocycles. The van der Waals surface area contributed by atoms with Crippen molar-refractivity contribution in [2.24, 2.45) is 0 Å². The van der Waals surface area contributed by atoms with Gasteiger partial charge < -0.3 is 20.3 Å². The Morgan fingerprint density at radius 2 is 0.857 bits per heavy atom. The molecule has 3 N–H and O–H groups in total. The fourth-order valence-electron chi connectivity index (χ4n) is 8.31. The van der Waals surface area contributed by atoms with Gasteiger partial charge in [0.15, 0.2) is 0 Å². The van der Waals surface area contributed by atoms with Crippen LogP contribution in [0.25, 0.3) is 0 Å². The summed E-state index contributed by atoms with van der Waals surface area (Å²) in [5.74, 6) is -0.518. The fourth-order valence-corrected chi connectivity index (χ4v) is 8.31. The Kier molecular flexibility index (Phi) is 49.1. The molecule has 3 atom stereocenters. The normalized spacial score (nSPS) is 13.5. The summed E-state index contributed by atoms with van der Waals surface area (Å²) >= 11 is 0. The van der Waals surface area contributed by atoms with Crippen LogP contribution >= 0.6 is 0 Å². The number of allylic oxidation sites excluding steroid dienone is 8. The Bertz CT molecular complexity index is 1080. The van der Waals surface area contributed by atoms with Gasteiger partial charge in [-0.3, -0.25) is 9.59 Å². The number of carbonyl (C=O) groups excluding carboxylic acids is 2. The van der Waals surface area contributed by atoms with Crippen LogP contribution in [0.1, 0.15) is 278 Å². The molecule has 3 unspecified atom stereocenters. The predicted octanol–water partition coefficient (Wildman–Crippen LogP) is 16.6. The molecule has 1 amide bonds. The van der Waals surface area contributed by atoms with Gasteiger partial charge in [-0.25, -0.2) is 0 Å². The highest BCUT2D eigenvalue weighted by Gasteiger charge is 2.24. The molecule has 0 aromatic rings. The molecule has 6 nitrogen and oxygen atoms in total. The first-order chi connectivity index (χ1) is 31.0. The van der Waals surface area contributed by atoms with Crippen molar-refractivity contribution in [3.05, 3.63) is 48.6 Å². The topological polar surface area (TPSA) is 95.9 Å².